The number of carboxylic acids is 2. The fourth-order valence-corrected chi connectivity index (χ4v) is 1.81. The summed E-state index contributed by atoms with van der Waals surface area (Å²) in [7, 11) is 0. The zero-order chi connectivity index (χ0) is 11.4. The van der Waals surface area contributed by atoms with E-state index in [1.54, 1.807) is 12.3 Å². The smallest absolute Gasteiger partial charge is 0.323 e. The Labute approximate surface area is 89.8 Å². The highest BCUT2D eigenvalue weighted by molar-refractivity contribution is 7.13. The maximum absolute atomic E-state index is 10.5. The van der Waals surface area contributed by atoms with Gasteiger partial charge < -0.3 is 15.1 Å². The fraction of sp³-hybridized carbons (Fsp3) is 0.375. The van der Waals surface area contributed by atoms with Crippen LogP contribution in [0.3, 0.4) is 0 Å². The summed E-state index contributed by atoms with van der Waals surface area (Å²) in [5, 5.41) is 19.4. The second-order valence-corrected chi connectivity index (χ2v) is 3.75. The number of aromatic nitrogens is 1. The predicted octanol–water partition coefficient (Wildman–Crippen LogP) is 0.427. The van der Waals surface area contributed by atoms with E-state index in [0.29, 0.717) is 5.13 Å². The van der Waals surface area contributed by atoms with Gasteiger partial charge in [-0.15, -0.1) is 11.3 Å². The second-order valence-electron chi connectivity index (χ2n) is 2.92. The zero-order valence-corrected chi connectivity index (χ0v) is 8.82. The van der Waals surface area contributed by atoms with Crippen LogP contribution in [0.5, 0.6) is 0 Å². The SMILES string of the molecule is Cc1csc(N(CC(=O)O)CC(=O)O)n1. The molecule has 0 aromatic carbocycles. The number of hydrogen-bond acceptors (Lipinski definition) is 5. The van der Waals surface area contributed by atoms with E-state index in [0.717, 1.165) is 5.69 Å². The number of anilines is 1. The summed E-state index contributed by atoms with van der Waals surface area (Å²) in [6, 6.07) is 0. The van der Waals surface area contributed by atoms with Gasteiger partial charge in [0.15, 0.2) is 5.13 Å². The molecule has 15 heavy (non-hydrogen) atoms. The monoisotopic (exact) mass is 230 g/mol. The molecule has 6 nitrogen and oxygen atoms in total. The Kier molecular flexibility index (Phi) is 3.62. The Hall–Kier alpha value is -1.63. The standard InChI is InChI=1S/C8H10N2O4S/c1-5-4-15-8(9-5)10(2-6(11)12)3-7(13)14/h4H,2-3H2,1H3,(H,11,12)(H,13,14). The maximum Gasteiger partial charge on any atom is 0.323 e. The van der Waals surface area contributed by atoms with Gasteiger partial charge in [0.05, 0.1) is 5.69 Å². The van der Waals surface area contributed by atoms with Crippen molar-refractivity contribution < 1.29 is 19.8 Å². The number of aryl methyl sites for hydroxylation is 1. The molecule has 2 N–H and O–H groups in total. The third kappa shape index (κ3) is 3.55. The Morgan fingerprint density at radius 1 is 1.40 bits per heavy atom. The van der Waals surface area contributed by atoms with E-state index < -0.39 is 11.9 Å². The van der Waals surface area contributed by atoms with Crippen molar-refractivity contribution in [2.24, 2.45) is 0 Å². The van der Waals surface area contributed by atoms with Crippen LogP contribution in [0.25, 0.3) is 0 Å². The van der Waals surface area contributed by atoms with Gasteiger partial charge in [0.25, 0.3) is 0 Å². The third-order valence-electron chi connectivity index (χ3n) is 1.53. The molecule has 0 aliphatic heterocycles. The van der Waals surface area contributed by atoms with Crippen LogP contribution < -0.4 is 4.90 Å². The van der Waals surface area contributed by atoms with Crippen molar-refractivity contribution in [1.82, 2.24) is 4.98 Å². The van der Waals surface area contributed by atoms with Gasteiger partial charge in [-0.25, -0.2) is 4.98 Å². The number of thiazole rings is 1. The molecule has 7 heteroatoms. The molecular weight excluding hydrogens is 220 g/mol. The van der Waals surface area contributed by atoms with Crippen LogP contribution in [0.15, 0.2) is 5.38 Å². The molecule has 0 saturated heterocycles. The summed E-state index contributed by atoms with van der Waals surface area (Å²) >= 11 is 1.23. The third-order valence-corrected chi connectivity index (χ3v) is 2.55. The highest BCUT2D eigenvalue weighted by Crippen LogP contribution is 2.19. The van der Waals surface area contributed by atoms with Crippen molar-refractivity contribution in [1.29, 1.82) is 0 Å². The van der Waals surface area contributed by atoms with E-state index in [-0.39, 0.29) is 13.1 Å². The highest BCUT2D eigenvalue weighted by atomic mass is 32.1. The summed E-state index contributed by atoms with van der Waals surface area (Å²) in [5.41, 5.74) is 0.746. The van der Waals surface area contributed by atoms with Crippen LogP contribution in [0.1, 0.15) is 5.69 Å². The Balaban J connectivity index is 2.80. The summed E-state index contributed by atoms with van der Waals surface area (Å²) in [6.45, 7) is 1.04. The molecule has 0 aliphatic carbocycles. The lowest BCUT2D eigenvalue weighted by Gasteiger charge is -2.16. The van der Waals surface area contributed by atoms with Crippen LogP contribution in [0.4, 0.5) is 5.13 Å². The van der Waals surface area contributed by atoms with Gasteiger partial charge in [0, 0.05) is 5.38 Å². The average Bonchev–Trinajstić information content (AvgIpc) is 2.48. The number of aliphatic carboxylic acids is 2. The molecule has 0 bridgehead atoms. The molecule has 0 saturated carbocycles. The van der Waals surface area contributed by atoms with Crippen LogP contribution in [0.2, 0.25) is 0 Å². The van der Waals surface area contributed by atoms with Crippen molar-refractivity contribution in [2.75, 3.05) is 18.0 Å². The Morgan fingerprint density at radius 2 is 1.93 bits per heavy atom. The number of nitrogens with zero attached hydrogens (tertiary/aromatic N) is 2. The van der Waals surface area contributed by atoms with Gasteiger partial charge in [-0.2, -0.15) is 0 Å². The van der Waals surface area contributed by atoms with Crippen molar-refractivity contribution in [3.8, 4) is 0 Å². The molecule has 0 amide bonds. The molecule has 0 spiro atoms. The van der Waals surface area contributed by atoms with Gasteiger partial charge in [-0.05, 0) is 6.92 Å². The molecule has 0 radical (unpaired) electrons. The van der Waals surface area contributed by atoms with Crippen LogP contribution >= 0.6 is 11.3 Å². The molecule has 0 aliphatic rings. The molecular formula is C8H10N2O4S. The second kappa shape index (κ2) is 4.74. The first kappa shape index (κ1) is 11.4. The molecule has 0 atom stereocenters. The first-order valence-electron chi connectivity index (χ1n) is 4.09. The number of carboxylic acid groups (broad SMARTS) is 2. The number of hydrogen-bond donors (Lipinski definition) is 2. The average molecular weight is 230 g/mol. The minimum absolute atomic E-state index is 0.362. The van der Waals surface area contributed by atoms with Crippen molar-refractivity contribution in [3.63, 3.8) is 0 Å². The lowest BCUT2D eigenvalue weighted by Crippen LogP contribution is -2.34. The van der Waals surface area contributed by atoms with E-state index in [1.807, 2.05) is 0 Å². The molecule has 0 unspecified atom stereocenters. The van der Waals surface area contributed by atoms with Gasteiger partial charge in [0.2, 0.25) is 0 Å². The topological polar surface area (TPSA) is 90.7 Å². The first-order chi connectivity index (χ1) is 6.99. The molecule has 0 fully saturated rings. The van der Waals surface area contributed by atoms with Crippen molar-refractivity contribution in [3.05, 3.63) is 11.1 Å². The van der Waals surface area contributed by atoms with E-state index in [2.05, 4.69) is 4.98 Å². The molecule has 1 aromatic rings. The molecule has 1 heterocycles. The van der Waals surface area contributed by atoms with Crippen molar-refractivity contribution >= 4 is 28.4 Å². The van der Waals surface area contributed by atoms with Crippen molar-refractivity contribution in [2.45, 2.75) is 6.92 Å². The van der Waals surface area contributed by atoms with Gasteiger partial charge in [-0.3, -0.25) is 9.59 Å². The highest BCUT2D eigenvalue weighted by Gasteiger charge is 2.16. The summed E-state index contributed by atoms with van der Waals surface area (Å²) in [6.07, 6.45) is 0. The summed E-state index contributed by atoms with van der Waals surface area (Å²) in [5.74, 6) is -2.16. The normalized spacial score (nSPS) is 9.93. The van der Waals surface area contributed by atoms with Gasteiger partial charge in [-0.1, -0.05) is 0 Å². The maximum atomic E-state index is 10.5. The minimum Gasteiger partial charge on any atom is -0.480 e. The van der Waals surface area contributed by atoms with Gasteiger partial charge in [0.1, 0.15) is 13.1 Å². The Morgan fingerprint density at radius 3 is 2.27 bits per heavy atom. The van der Waals surface area contributed by atoms with Crippen LogP contribution in [-0.2, 0) is 9.59 Å². The largest absolute Gasteiger partial charge is 0.480 e. The lowest BCUT2D eigenvalue weighted by molar-refractivity contribution is -0.136. The van der Waals surface area contributed by atoms with E-state index in [9.17, 15) is 9.59 Å². The van der Waals surface area contributed by atoms with Crippen LogP contribution in [0, 0.1) is 6.92 Å². The summed E-state index contributed by atoms with van der Waals surface area (Å²) in [4.78, 5) is 26.3. The zero-order valence-electron chi connectivity index (χ0n) is 8.01. The van der Waals surface area contributed by atoms with Gasteiger partial charge >= 0.3 is 11.9 Å². The quantitative estimate of drug-likeness (QED) is 0.762. The molecule has 1 aromatic heterocycles. The van der Waals surface area contributed by atoms with E-state index in [1.165, 1.54) is 16.2 Å². The Bertz CT molecular complexity index is 360. The lowest BCUT2D eigenvalue weighted by atomic mass is 10.5. The van der Waals surface area contributed by atoms with Crippen LogP contribution in [-0.4, -0.2) is 40.2 Å². The summed E-state index contributed by atoms with van der Waals surface area (Å²) < 4.78 is 0. The first-order valence-corrected chi connectivity index (χ1v) is 4.97. The molecule has 1 rings (SSSR count). The van der Waals surface area contributed by atoms with E-state index >= 15 is 0 Å². The molecule has 82 valence electrons. The number of carbonyl (C=O) groups is 2. The minimum atomic E-state index is -1.08. The fourth-order valence-electron chi connectivity index (χ4n) is 1.00. The predicted molar refractivity (Wildman–Crippen MR) is 54.3 cm³/mol. The number of rotatable bonds is 5. The van der Waals surface area contributed by atoms with E-state index in [4.69, 9.17) is 10.2 Å².